The van der Waals surface area contributed by atoms with Crippen LogP contribution in [0.15, 0.2) is 41.3 Å². The normalized spacial score (nSPS) is 16.1. The van der Waals surface area contributed by atoms with Crippen LogP contribution in [-0.2, 0) is 19.6 Å². The number of amides is 1. The number of benzene rings is 2. The summed E-state index contributed by atoms with van der Waals surface area (Å²) in [6.07, 6.45) is 0. The van der Waals surface area contributed by atoms with Gasteiger partial charge in [-0.3, -0.25) is 4.79 Å². The number of nitrogens with zero attached hydrogens (tertiary/aromatic N) is 1. The molecule has 1 amide bonds. The molecule has 8 heteroatoms. The lowest BCUT2D eigenvalue weighted by atomic mass is 10.1. The standard InChI is InChI=1S/C22H29N3O4S/c1-15-5-7-19(13-17(15)3)23-18(4)22(26)24-20-8-6-16(2)21(14-20)30(27,28)25-9-11-29-12-10-25/h5-8,13-14,18,23H,9-12H2,1-4H3,(H,24,26)/t18-/m1/s1. The van der Waals surface area contributed by atoms with Crippen LogP contribution < -0.4 is 10.6 Å². The minimum absolute atomic E-state index is 0.206. The molecule has 1 atom stereocenters. The van der Waals surface area contributed by atoms with E-state index in [0.29, 0.717) is 37.6 Å². The van der Waals surface area contributed by atoms with E-state index in [2.05, 4.69) is 10.6 Å². The molecule has 0 aromatic heterocycles. The summed E-state index contributed by atoms with van der Waals surface area (Å²) < 4.78 is 32.7. The molecule has 2 aromatic carbocycles. The number of hydrogen-bond donors (Lipinski definition) is 2. The van der Waals surface area contributed by atoms with E-state index in [0.717, 1.165) is 11.3 Å². The summed E-state index contributed by atoms with van der Waals surface area (Å²) in [5, 5.41) is 6.01. The number of morpholine rings is 1. The number of nitrogens with one attached hydrogen (secondary N) is 2. The first kappa shape index (κ1) is 22.3. The summed E-state index contributed by atoms with van der Waals surface area (Å²) in [7, 11) is -3.64. The fourth-order valence-electron chi connectivity index (χ4n) is 3.28. The van der Waals surface area contributed by atoms with Crippen molar-refractivity contribution in [2.75, 3.05) is 36.9 Å². The second-order valence-electron chi connectivity index (χ2n) is 7.65. The lowest BCUT2D eigenvalue weighted by molar-refractivity contribution is -0.116. The van der Waals surface area contributed by atoms with Gasteiger partial charge in [-0.15, -0.1) is 0 Å². The predicted molar refractivity (Wildman–Crippen MR) is 118 cm³/mol. The molecule has 30 heavy (non-hydrogen) atoms. The van der Waals surface area contributed by atoms with Crippen molar-refractivity contribution < 1.29 is 17.9 Å². The SMILES string of the molecule is Cc1ccc(N[C@H](C)C(=O)Nc2ccc(C)c(S(=O)(=O)N3CCOCC3)c2)cc1C. The molecule has 1 aliphatic rings. The smallest absolute Gasteiger partial charge is 0.246 e. The van der Waals surface area contributed by atoms with Crippen LogP contribution in [0.5, 0.6) is 0 Å². The highest BCUT2D eigenvalue weighted by molar-refractivity contribution is 7.89. The van der Waals surface area contributed by atoms with Crippen LogP contribution >= 0.6 is 0 Å². The van der Waals surface area contributed by atoms with E-state index in [9.17, 15) is 13.2 Å². The Kier molecular flexibility index (Phi) is 6.80. The van der Waals surface area contributed by atoms with Crippen molar-refractivity contribution in [3.8, 4) is 0 Å². The van der Waals surface area contributed by atoms with Crippen LogP contribution in [0.3, 0.4) is 0 Å². The van der Waals surface area contributed by atoms with Gasteiger partial charge >= 0.3 is 0 Å². The molecule has 162 valence electrons. The molecule has 0 bridgehead atoms. The van der Waals surface area contributed by atoms with Gasteiger partial charge in [-0.2, -0.15) is 4.31 Å². The Balaban J connectivity index is 1.74. The van der Waals surface area contributed by atoms with Crippen LogP contribution in [0.1, 0.15) is 23.6 Å². The summed E-state index contributed by atoms with van der Waals surface area (Å²) in [5.74, 6) is -0.244. The van der Waals surface area contributed by atoms with Crippen molar-refractivity contribution in [2.24, 2.45) is 0 Å². The zero-order valence-corrected chi connectivity index (χ0v) is 18.7. The average Bonchev–Trinajstić information content (AvgIpc) is 2.72. The first-order valence-corrected chi connectivity index (χ1v) is 11.5. The second kappa shape index (κ2) is 9.16. The molecular formula is C22H29N3O4S. The van der Waals surface area contributed by atoms with Crippen molar-refractivity contribution in [1.82, 2.24) is 4.31 Å². The first-order chi connectivity index (χ1) is 14.2. The van der Waals surface area contributed by atoms with Crippen molar-refractivity contribution in [1.29, 1.82) is 0 Å². The minimum atomic E-state index is -3.64. The van der Waals surface area contributed by atoms with E-state index in [-0.39, 0.29) is 10.8 Å². The number of carbonyl (C=O) groups excluding carboxylic acids is 1. The molecule has 1 saturated heterocycles. The number of sulfonamides is 1. The summed E-state index contributed by atoms with van der Waals surface area (Å²) >= 11 is 0. The van der Waals surface area contributed by atoms with Crippen LogP contribution in [0.2, 0.25) is 0 Å². The van der Waals surface area contributed by atoms with E-state index >= 15 is 0 Å². The van der Waals surface area contributed by atoms with Gasteiger partial charge in [0.05, 0.1) is 18.1 Å². The monoisotopic (exact) mass is 431 g/mol. The number of anilines is 2. The molecule has 0 aliphatic carbocycles. The summed E-state index contributed by atoms with van der Waals surface area (Å²) in [4.78, 5) is 12.9. The van der Waals surface area contributed by atoms with Crippen molar-refractivity contribution in [3.63, 3.8) is 0 Å². The Bertz CT molecular complexity index is 1030. The Morgan fingerprint density at radius 3 is 2.27 bits per heavy atom. The molecule has 1 aliphatic heterocycles. The van der Waals surface area contributed by atoms with E-state index in [1.807, 2.05) is 32.0 Å². The molecule has 0 unspecified atom stereocenters. The summed E-state index contributed by atoms with van der Waals surface area (Å²) in [5.41, 5.74) is 4.28. The van der Waals surface area contributed by atoms with Crippen molar-refractivity contribution in [2.45, 2.75) is 38.6 Å². The van der Waals surface area contributed by atoms with Gasteiger partial charge in [0.2, 0.25) is 15.9 Å². The maximum Gasteiger partial charge on any atom is 0.246 e. The maximum absolute atomic E-state index is 13.0. The maximum atomic E-state index is 13.0. The highest BCUT2D eigenvalue weighted by Crippen LogP contribution is 2.24. The number of ether oxygens (including phenoxy) is 1. The fourth-order valence-corrected chi connectivity index (χ4v) is 4.94. The average molecular weight is 432 g/mol. The number of rotatable bonds is 6. The molecule has 1 fully saturated rings. The van der Waals surface area contributed by atoms with Gasteiger partial charge in [-0.1, -0.05) is 12.1 Å². The lowest BCUT2D eigenvalue weighted by Gasteiger charge is -2.27. The highest BCUT2D eigenvalue weighted by Gasteiger charge is 2.28. The Morgan fingerprint density at radius 2 is 1.60 bits per heavy atom. The van der Waals surface area contributed by atoms with Gasteiger partial charge in [0.1, 0.15) is 6.04 Å². The molecule has 0 spiro atoms. The zero-order chi connectivity index (χ0) is 21.9. The Labute approximate surface area is 178 Å². The largest absolute Gasteiger partial charge is 0.379 e. The van der Waals surface area contributed by atoms with Gasteiger partial charge in [0.25, 0.3) is 0 Å². The fraction of sp³-hybridized carbons (Fsp3) is 0.409. The number of aryl methyl sites for hydroxylation is 3. The van der Waals surface area contributed by atoms with Crippen LogP contribution in [0.25, 0.3) is 0 Å². The predicted octanol–water partition coefficient (Wildman–Crippen LogP) is 3.07. The number of carbonyl (C=O) groups is 1. The molecule has 3 rings (SSSR count). The van der Waals surface area contributed by atoms with E-state index in [1.165, 1.54) is 15.9 Å². The quantitative estimate of drug-likeness (QED) is 0.734. The van der Waals surface area contributed by atoms with Gasteiger partial charge in [0.15, 0.2) is 0 Å². The van der Waals surface area contributed by atoms with E-state index in [1.54, 1.807) is 26.0 Å². The zero-order valence-electron chi connectivity index (χ0n) is 17.9. The van der Waals surface area contributed by atoms with Crippen molar-refractivity contribution in [3.05, 3.63) is 53.1 Å². The van der Waals surface area contributed by atoms with Gasteiger partial charge < -0.3 is 15.4 Å². The molecular weight excluding hydrogens is 402 g/mol. The third kappa shape index (κ3) is 5.00. The highest BCUT2D eigenvalue weighted by atomic mass is 32.2. The Morgan fingerprint density at radius 1 is 0.967 bits per heavy atom. The second-order valence-corrected chi connectivity index (χ2v) is 9.56. The molecule has 2 aromatic rings. The molecule has 7 nitrogen and oxygen atoms in total. The molecule has 0 saturated carbocycles. The molecule has 0 radical (unpaired) electrons. The van der Waals surface area contributed by atoms with Gasteiger partial charge in [-0.25, -0.2) is 8.42 Å². The van der Waals surface area contributed by atoms with Gasteiger partial charge in [0, 0.05) is 24.5 Å². The topological polar surface area (TPSA) is 87.7 Å². The summed E-state index contributed by atoms with van der Waals surface area (Å²) in [6.45, 7) is 9.01. The third-order valence-corrected chi connectivity index (χ3v) is 7.37. The van der Waals surface area contributed by atoms with Crippen LogP contribution in [0.4, 0.5) is 11.4 Å². The number of hydrogen-bond acceptors (Lipinski definition) is 5. The lowest BCUT2D eigenvalue weighted by Crippen LogP contribution is -2.40. The molecule has 2 N–H and O–H groups in total. The third-order valence-electron chi connectivity index (χ3n) is 5.33. The molecule has 1 heterocycles. The Hall–Kier alpha value is -2.42. The van der Waals surface area contributed by atoms with E-state index < -0.39 is 16.1 Å². The summed E-state index contributed by atoms with van der Waals surface area (Å²) in [6, 6.07) is 10.4. The van der Waals surface area contributed by atoms with Crippen LogP contribution in [-0.4, -0.2) is 51.0 Å². The minimum Gasteiger partial charge on any atom is -0.379 e. The van der Waals surface area contributed by atoms with Crippen molar-refractivity contribution >= 4 is 27.3 Å². The van der Waals surface area contributed by atoms with E-state index in [4.69, 9.17) is 4.74 Å². The van der Waals surface area contributed by atoms with Gasteiger partial charge in [-0.05, 0) is 68.7 Å². The first-order valence-electron chi connectivity index (χ1n) is 10.0. The van der Waals surface area contributed by atoms with Crippen LogP contribution in [0, 0.1) is 20.8 Å².